The van der Waals surface area contributed by atoms with Gasteiger partial charge in [-0.3, -0.25) is 0 Å². The first-order chi connectivity index (χ1) is 10.00. The van der Waals surface area contributed by atoms with Gasteiger partial charge in [-0.25, -0.2) is 9.67 Å². The predicted molar refractivity (Wildman–Crippen MR) is 65.0 cm³/mol. The monoisotopic (exact) mass is 299 g/mol. The molecule has 0 saturated carbocycles. The molecule has 3 rings (SSSR count). The maximum Gasteiger partial charge on any atom is 0.416 e. The molecule has 21 heavy (non-hydrogen) atoms. The molecule has 2 heterocycles. The Morgan fingerprint density at radius 3 is 2.33 bits per heavy atom. The van der Waals surface area contributed by atoms with Crippen molar-refractivity contribution in [2.75, 3.05) is 13.2 Å². The molecule has 0 bridgehead atoms. The van der Waals surface area contributed by atoms with Crippen LogP contribution in [0.5, 0.6) is 0 Å². The molecular weight excluding hydrogens is 287 g/mol. The van der Waals surface area contributed by atoms with Crippen molar-refractivity contribution >= 4 is 0 Å². The Morgan fingerprint density at radius 1 is 1.14 bits per heavy atom. The zero-order chi connectivity index (χ0) is 14.9. The highest BCUT2D eigenvalue weighted by molar-refractivity contribution is 5.28. The van der Waals surface area contributed by atoms with E-state index in [-0.39, 0.29) is 6.54 Å². The van der Waals surface area contributed by atoms with E-state index in [1.54, 1.807) is 0 Å². The Hall–Kier alpha value is -1.93. The number of hydrogen-bond donors (Lipinski definition) is 0. The second-order valence-electron chi connectivity index (χ2n) is 4.62. The van der Waals surface area contributed by atoms with E-state index in [4.69, 9.17) is 9.47 Å². The van der Waals surface area contributed by atoms with Crippen LogP contribution in [0, 0.1) is 0 Å². The first-order valence-corrected chi connectivity index (χ1v) is 6.28. The molecule has 1 aliphatic rings. The molecule has 0 amide bonds. The lowest BCUT2D eigenvalue weighted by Crippen LogP contribution is -2.33. The molecule has 8 heteroatoms. The van der Waals surface area contributed by atoms with E-state index in [2.05, 4.69) is 10.1 Å². The summed E-state index contributed by atoms with van der Waals surface area (Å²) in [5.74, 6) is -1.13. The van der Waals surface area contributed by atoms with Crippen LogP contribution in [0.2, 0.25) is 0 Å². The lowest BCUT2D eigenvalue weighted by molar-refractivity contribution is -0.178. The van der Waals surface area contributed by atoms with Crippen molar-refractivity contribution < 1.29 is 22.6 Å². The van der Waals surface area contributed by atoms with Crippen LogP contribution in [0.4, 0.5) is 13.2 Å². The van der Waals surface area contributed by atoms with E-state index in [9.17, 15) is 13.2 Å². The molecule has 0 atom stereocenters. The average molecular weight is 299 g/mol. The van der Waals surface area contributed by atoms with Crippen molar-refractivity contribution in [2.45, 2.75) is 18.5 Å². The van der Waals surface area contributed by atoms with Gasteiger partial charge >= 0.3 is 6.18 Å². The van der Waals surface area contributed by atoms with E-state index in [1.165, 1.54) is 29.5 Å². The normalized spacial score (nSPS) is 18.0. The summed E-state index contributed by atoms with van der Waals surface area (Å²) in [5.41, 5.74) is -0.191. The van der Waals surface area contributed by atoms with Crippen LogP contribution in [-0.2, 0) is 28.0 Å². The minimum absolute atomic E-state index is 0.221. The average Bonchev–Trinajstić information content (AvgIpc) is 3.11. The summed E-state index contributed by atoms with van der Waals surface area (Å²) in [5, 5.41) is 3.97. The number of ether oxygens (including phenoxy) is 2. The van der Waals surface area contributed by atoms with Crippen LogP contribution >= 0.6 is 0 Å². The van der Waals surface area contributed by atoms with Crippen LogP contribution in [0.15, 0.2) is 36.9 Å². The summed E-state index contributed by atoms with van der Waals surface area (Å²) in [6.45, 7) is 0.962. The molecule has 0 aliphatic carbocycles. The molecule has 0 radical (unpaired) electrons. The van der Waals surface area contributed by atoms with Gasteiger partial charge in [0.2, 0.25) is 5.79 Å². The maximum absolute atomic E-state index is 12.6. The van der Waals surface area contributed by atoms with Gasteiger partial charge in [-0.15, -0.1) is 0 Å². The maximum atomic E-state index is 12.6. The minimum atomic E-state index is -4.37. The van der Waals surface area contributed by atoms with Gasteiger partial charge in [0.25, 0.3) is 0 Å². The van der Waals surface area contributed by atoms with Gasteiger partial charge in [0.1, 0.15) is 19.2 Å². The molecule has 1 aliphatic heterocycles. The third-order valence-corrected chi connectivity index (χ3v) is 3.24. The van der Waals surface area contributed by atoms with Gasteiger partial charge in [-0.2, -0.15) is 18.3 Å². The quantitative estimate of drug-likeness (QED) is 0.872. The fourth-order valence-electron chi connectivity index (χ4n) is 2.24. The van der Waals surface area contributed by atoms with Crippen LogP contribution in [0.1, 0.15) is 11.1 Å². The van der Waals surface area contributed by atoms with Crippen LogP contribution in [0.3, 0.4) is 0 Å². The third-order valence-electron chi connectivity index (χ3n) is 3.24. The molecule has 0 N–H and O–H groups in total. The molecule has 1 aromatic heterocycles. The van der Waals surface area contributed by atoms with E-state index in [1.807, 2.05) is 0 Å². The Kier molecular flexibility index (Phi) is 3.42. The van der Waals surface area contributed by atoms with Crippen molar-refractivity contribution in [1.29, 1.82) is 0 Å². The number of halogens is 3. The third kappa shape index (κ3) is 2.77. The smallest absolute Gasteiger partial charge is 0.342 e. The summed E-state index contributed by atoms with van der Waals surface area (Å²) < 4.78 is 50.6. The van der Waals surface area contributed by atoms with Gasteiger partial charge in [-0.1, -0.05) is 12.1 Å². The summed E-state index contributed by atoms with van der Waals surface area (Å²) >= 11 is 0. The lowest BCUT2D eigenvalue weighted by atomic mass is 10.0. The molecule has 2 aromatic rings. The van der Waals surface area contributed by atoms with Crippen molar-refractivity contribution in [2.24, 2.45) is 0 Å². The van der Waals surface area contributed by atoms with Crippen LogP contribution in [-0.4, -0.2) is 28.0 Å². The first kappa shape index (κ1) is 14.0. The molecule has 5 nitrogen and oxygen atoms in total. The van der Waals surface area contributed by atoms with Gasteiger partial charge in [-0.05, 0) is 12.1 Å². The zero-order valence-corrected chi connectivity index (χ0v) is 10.9. The summed E-state index contributed by atoms with van der Waals surface area (Å²) in [7, 11) is 0. The summed E-state index contributed by atoms with van der Waals surface area (Å²) in [6, 6.07) is 4.77. The van der Waals surface area contributed by atoms with Gasteiger partial charge < -0.3 is 9.47 Å². The number of nitrogens with zero attached hydrogens (tertiary/aromatic N) is 3. The first-order valence-electron chi connectivity index (χ1n) is 6.28. The van der Waals surface area contributed by atoms with Crippen molar-refractivity contribution in [3.05, 3.63) is 48.0 Å². The van der Waals surface area contributed by atoms with Crippen molar-refractivity contribution in [3.63, 3.8) is 0 Å². The molecule has 0 spiro atoms. The Balaban J connectivity index is 1.90. The molecule has 1 fully saturated rings. The second kappa shape index (κ2) is 5.12. The highest BCUT2D eigenvalue weighted by Crippen LogP contribution is 2.35. The van der Waals surface area contributed by atoms with E-state index < -0.39 is 17.5 Å². The molecular formula is C13H12F3N3O2. The van der Waals surface area contributed by atoms with Crippen molar-refractivity contribution in [3.8, 4) is 0 Å². The van der Waals surface area contributed by atoms with Crippen LogP contribution < -0.4 is 0 Å². The van der Waals surface area contributed by atoms with E-state index in [0.29, 0.717) is 18.8 Å². The van der Waals surface area contributed by atoms with E-state index in [0.717, 1.165) is 12.1 Å². The zero-order valence-electron chi connectivity index (χ0n) is 10.9. The lowest BCUT2D eigenvalue weighted by Gasteiger charge is -2.27. The molecule has 0 unspecified atom stereocenters. The highest BCUT2D eigenvalue weighted by atomic mass is 19.4. The standard InChI is InChI=1S/C13H12F3N3O2/c14-13(15,16)11-3-1-10(2-4-11)12(20-5-6-21-12)7-19-9-17-8-18-19/h1-4,8-9H,5-7H2. The van der Waals surface area contributed by atoms with Gasteiger partial charge in [0.15, 0.2) is 0 Å². The van der Waals surface area contributed by atoms with E-state index >= 15 is 0 Å². The summed E-state index contributed by atoms with van der Waals surface area (Å²) in [6.07, 6.45) is -1.50. The largest absolute Gasteiger partial charge is 0.416 e. The SMILES string of the molecule is FC(F)(F)c1ccc(C2(Cn3cncn3)OCCO2)cc1. The fourth-order valence-corrected chi connectivity index (χ4v) is 2.24. The van der Waals surface area contributed by atoms with Gasteiger partial charge in [0.05, 0.1) is 18.8 Å². The molecule has 1 aromatic carbocycles. The summed E-state index contributed by atoms with van der Waals surface area (Å²) in [4.78, 5) is 3.83. The highest BCUT2D eigenvalue weighted by Gasteiger charge is 2.40. The minimum Gasteiger partial charge on any atom is -0.342 e. The fraction of sp³-hybridized carbons (Fsp3) is 0.385. The number of rotatable bonds is 3. The van der Waals surface area contributed by atoms with Gasteiger partial charge in [0, 0.05) is 5.56 Å². The number of aromatic nitrogens is 3. The van der Waals surface area contributed by atoms with Crippen molar-refractivity contribution in [1.82, 2.24) is 14.8 Å². The number of alkyl halides is 3. The van der Waals surface area contributed by atoms with Crippen LogP contribution in [0.25, 0.3) is 0 Å². The predicted octanol–water partition coefficient (Wildman–Crippen LogP) is 2.20. The second-order valence-corrected chi connectivity index (χ2v) is 4.62. The number of hydrogen-bond acceptors (Lipinski definition) is 4. The Labute approximate surface area is 118 Å². The molecule has 1 saturated heterocycles. The topological polar surface area (TPSA) is 49.2 Å². The Bertz CT molecular complexity index is 590. The Morgan fingerprint density at radius 2 is 1.81 bits per heavy atom. The molecule has 112 valence electrons. The number of benzene rings is 1.